The van der Waals surface area contributed by atoms with E-state index in [4.69, 9.17) is 0 Å². The SMILES string of the molecule is C[C@@H]1CN(c2c(F)cccc2[C@H]2S[C@@H](CC(=O)N3CCC(n4c(=O)[nH]c5ncccc54)CC3)C(=O)N2CCC(C)(C)C)C[C@H](C)N1. The Morgan fingerprint density at radius 2 is 1.78 bits per heavy atom. The van der Waals surface area contributed by atoms with Gasteiger partial charge in [-0.25, -0.2) is 14.2 Å². The molecule has 248 valence electrons. The van der Waals surface area contributed by atoms with E-state index in [9.17, 15) is 14.4 Å². The number of nitrogens with one attached hydrogen (secondary N) is 2. The Kier molecular flexibility index (Phi) is 9.22. The maximum Gasteiger partial charge on any atom is 0.327 e. The molecule has 3 saturated heterocycles. The lowest BCUT2D eigenvalue weighted by molar-refractivity contribution is -0.136. The molecule has 0 bridgehead atoms. The Bertz CT molecular complexity index is 1630. The number of pyridine rings is 1. The van der Waals surface area contributed by atoms with Crippen LogP contribution < -0.4 is 15.9 Å². The summed E-state index contributed by atoms with van der Waals surface area (Å²) in [7, 11) is 0. The molecule has 0 radical (unpaired) electrons. The van der Waals surface area contributed by atoms with Gasteiger partial charge in [-0.2, -0.15) is 0 Å². The number of aromatic nitrogens is 3. The van der Waals surface area contributed by atoms with Crippen molar-refractivity contribution in [2.75, 3.05) is 37.6 Å². The van der Waals surface area contributed by atoms with Crippen LogP contribution in [0.25, 0.3) is 11.2 Å². The minimum atomic E-state index is -0.547. The first-order valence-corrected chi connectivity index (χ1v) is 17.4. The number of carbonyl (C=O) groups excluding carboxylic acids is 2. The molecule has 2 N–H and O–H groups in total. The van der Waals surface area contributed by atoms with Crippen LogP contribution in [-0.4, -0.2) is 86.2 Å². The number of hydrogen-bond donors (Lipinski definition) is 2. The summed E-state index contributed by atoms with van der Waals surface area (Å²) in [5.41, 5.74) is 2.51. The van der Waals surface area contributed by atoms with Crippen LogP contribution in [0, 0.1) is 11.2 Å². The molecule has 10 nitrogen and oxygen atoms in total. The van der Waals surface area contributed by atoms with E-state index in [0.717, 1.165) is 17.5 Å². The van der Waals surface area contributed by atoms with Crippen molar-refractivity contribution < 1.29 is 14.0 Å². The summed E-state index contributed by atoms with van der Waals surface area (Å²) >= 11 is 1.48. The number of thioether (sulfide) groups is 1. The van der Waals surface area contributed by atoms with Crippen molar-refractivity contribution in [1.82, 2.24) is 29.7 Å². The van der Waals surface area contributed by atoms with Gasteiger partial charge in [-0.3, -0.25) is 19.1 Å². The highest BCUT2D eigenvalue weighted by atomic mass is 32.2. The second-order valence-electron chi connectivity index (χ2n) is 14.4. The summed E-state index contributed by atoms with van der Waals surface area (Å²) in [6.45, 7) is 13.6. The number of nitrogens with zero attached hydrogens (tertiary/aromatic N) is 5. The van der Waals surface area contributed by atoms with Crippen molar-refractivity contribution in [3.63, 3.8) is 0 Å². The maximum atomic E-state index is 15.7. The molecule has 3 aliphatic heterocycles. The minimum Gasteiger partial charge on any atom is -0.366 e. The van der Waals surface area contributed by atoms with Gasteiger partial charge in [-0.05, 0) is 56.7 Å². The number of para-hydroxylation sites is 1. The summed E-state index contributed by atoms with van der Waals surface area (Å²) in [5, 5.41) is 2.59. The first-order valence-electron chi connectivity index (χ1n) is 16.5. The number of amides is 2. The number of imidazole rings is 1. The van der Waals surface area contributed by atoms with Gasteiger partial charge in [0.05, 0.1) is 16.5 Å². The zero-order chi connectivity index (χ0) is 32.7. The highest BCUT2D eigenvalue weighted by Crippen LogP contribution is 2.48. The number of fused-ring (bicyclic) bond motifs is 1. The highest BCUT2D eigenvalue weighted by Gasteiger charge is 2.44. The number of H-pyrrole nitrogens is 1. The number of aromatic amines is 1. The van der Waals surface area contributed by atoms with Gasteiger partial charge < -0.3 is 20.0 Å². The number of anilines is 1. The molecule has 3 aliphatic rings. The zero-order valence-corrected chi connectivity index (χ0v) is 28.3. The topological polar surface area (TPSA) is 107 Å². The van der Waals surface area contributed by atoms with Crippen LogP contribution in [0.5, 0.6) is 0 Å². The molecular weight excluding hydrogens is 605 g/mol. The van der Waals surface area contributed by atoms with Crippen LogP contribution in [-0.2, 0) is 9.59 Å². The summed E-state index contributed by atoms with van der Waals surface area (Å²) in [5.74, 6) is -0.398. The van der Waals surface area contributed by atoms with Gasteiger partial charge in [-0.15, -0.1) is 11.8 Å². The van der Waals surface area contributed by atoms with Gasteiger partial charge in [0.15, 0.2) is 5.65 Å². The molecule has 0 unspecified atom stereocenters. The minimum absolute atomic E-state index is 0.00470. The summed E-state index contributed by atoms with van der Waals surface area (Å²) in [6.07, 6.45) is 3.84. The second-order valence-corrected chi connectivity index (χ2v) is 15.6. The number of halogens is 1. The number of hydrogen-bond acceptors (Lipinski definition) is 7. The molecule has 46 heavy (non-hydrogen) atoms. The molecular formula is C34H46FN7O3S. The molecule has 5 heterocycles. The van der Waals surface area contributed by atoms with E-state index in [1.165, 1.54) is 17.8 Å². The average Bonchev–Trinajstić information content (AvgIpc) is 3.50. The fraction of sp³-hybridized carbons (Fsp3) is 0.588. The van der Waals surface area contributed by atoms with Crippen molar-refractivity contribution in [2.45, 2.75) is 89.1 Å². The van der Waals surface area contributed by atoms with Crippen LogP contribution in [0.3, 0.4) is 0 Å². The van der Waals surface area contributed by atoms with Gasteiger partial charge in [0.1, 0.15) is 11.2 Å². The van der Waals surface area contributed by atoms with Crippen LogP contribution in [0.2, 0.25) is 0 Å². The zero-order valence-electron chi connectivity index (χ0n) is 27.5. The third kappa shape index (κ3) is 6.69. The molecule has 6 rings (SSSR count). The van der Waals surface area contributed by atoms with Crippen LogP contribution >= 0.6 is 11.8 Å². The molecule has 12 heteroatoms. The Labute approximate surface area is 274 Å². The standard InChI is InChI=1S/C34H46FN7O3S/c1-21-19-40(20-22(2)37-21)29-24(8-6-9-25(29)35)32-41(17-13-34(3,4)5)31(44)27(46-32)18-28(43)39-15-11-23(12-16-39)42-26-10-7-14-36-30(26)38-33(42)45/h6-10,14,21-23,27,32,37H,11-13,15-20H2,1-5H3,(H,36,38,45)/t21-,22+,27-,32+/m0/s1. The van der Waals surface area contributed by atoms with Crippen LogP contribution in [0.1, 0.15) is 77.3 Å². The molecule has 0 saturated carbocycles. The normalized spacial score (nSPS) is 24.7. The van der Waals surface area contributed by atoms with Gasteiger partial charge in [0.2, 0.25) is 11.8 Å². The monoisotopic (exact) mass is 651 g/mol. The van der Waals surface area contributed by atoms with E-state index in [1.54, 1.807) is 16.8 Å². The molecule has 4 atom stereocenters. The number of rotatable bonds is 7. The van der Waals surface area contributed by atoms with Crippen LogP contribution in [0.15, 0.2) is 41.3 Å². The van der Waals surface area contributed by atoms with Gasteiger partial charge >= 0.3 is 5.69 Å². The maximum absolute atomic E-state index is 15.7. The van der Waals surface area contributed by atoms with Crippen molar-refractivity contribution in [1.29, 1.82) is 0 Å². The van der Waals surface area contributed by atoms with E-state index in [0.29, 0.717) is 56.9 Å². The Balaban J connectivity index is 1.19. The quantitative estimate of drug-likeness (QED) is 0.382. The fourth-order valence-corrected chi connectivity index (χ4v) is 8.70. The van der Waals surface area contributed by atoms with Crippen LogP contribution in [0.4, 0.5) is 10.1 Å². The third-order valence-corrected chi connectivity index (χ3v) is 10.9. The molecule has 2 amide bonds. The van der Waals surface area contributed by atoms with Crippen molar-refractivity contribution in [3.05, 3.63) is 58.4 Å². The number of piperazine rings is 1. The lowest BCUT2D eigenvalue weighted by atomic mass is 9.92. The molecule has 3 aromatic rings. The predicted octanol–water partition coefficient (Wildman–Crippen LogP) is 4.68. The Morgan fingerprint density at radius 1 is 1.07 bits per heavy atom. The van der Waals surface area contributed by atoms with Crippen molar-refractivity contribution in [3.8, 4) is 0 Å². The fourth-order valence-electron chi connectivity index (χ4n) is 7.20. The third-order valence-electron chi connectivity index (χ3n) is 9.43. The number of carbonyl (C=O) groups is 2. The lowest BCUT2D eigenvalue weighted by Crippen LogP contribution is -2.54. The smallest absolute Gasteiger partial charge is 0.327 e. The van der Waals surface area contributed by atoms with E-state index in [-0.39, 0.29) is 58.7 Å². The average molecular weight is 652 g/mol. The van der Waals surface area contributed by atoms with E-state index >= 15 is 4.39 Å². The van der Waals surface area contributed by atoms with Crippen molar-refractivity contribution in [2.24, 2.45) is 5.41 Å². The second kappa shape index (κ2) is 13.0. The number of likely N-dealkylation sites (tertiary alicyclic amines) is 1. The van der Waals surface area contributed by atoms with E-state index in [1.807, 2.05) is 28.0 Å². The predicted molar refractivity (Wildman–Crippen MR) is 180 cm³/mol. The lowest BCUT2D eigenvalue weighted by Gasteiger charge is -2.39. The number of piperidine rings is 1. The molecule has 0 aliphatic carbocycles. The van der Waals surface area contributed by atoms with E-state index in [2.05, 4.69) is 54.8 Å². The molecule has 3 fully saturated rings. The van der Waals surface area contributed by atoms with Gasteiger partial charge in [-0.1, -0.05) is 32.9 Å². The Morgan fingerprint density at radius 3 is 2.48 bits per heavy atom. The highest BCUT2D eigenvalue weighted by molar-refractivity contribution is 8.01. The largest absolute Gasteiger partial charge is 0.366 e. The summed E-state index contributed by atoms with van der Waals surface area (Å²) in [6, 6.07) is 9.25. The molecule has 1 aromatic carbocycles. The first kappa shape index (κ1) is 32.6. The summed E-state index contributed by atoms with van der Waals surface area (Å²) < 4.78 is 17.4. The van der Waals surface area contributed by atoms with Gasteiger partial charge in [0, 0.05) is 69.0 Å². The first-order chi connectivity index (χ1) is 21.9. The summed E-state index contributed by atoms with van der Waals surface area (Å²) in [4.78, 5) is 53.3. The Hall–Kier alpha value is -3.38. The van der Waals surface area contributed by atoms with E-state index < -0.39 is 5.25 Å². The van der Waals surface area contributed by atoms with Crippen molar-refractivity contribution >= 4 is 40.4 Å². The molecule has 2 aromatic heterocycles. The molecule has 0 spiro atoms. The van der Waals surface area contributed by atoms with Gasteiger partial charge in [0.25, 0.3) is 0 Å². The number of benzene rings is 1.